The molecule has 0 heterocycles. The van der Waals surface area contributed by atoms with E-state index in [2.05, 4.69) is 5.32 Å². The Morgan fingerprint density at radius 1 is 1.55 bits per heavy atom. The Balaban J connectivity index is 3.89. The average Bonchev–Trinajstić information content (AvgIpc) is 1.86. The molecule has 0 aromatic carbocycles. The largest absolute Gasteiger partial charge is 0.480 e. The maximum atomic E-state index is 10.4. The zero-order valence-corrected chi connectivity index (χ0v) is 6.20. The number of hydrogen-bond acceptors (Lipinski definition) is 3. The molecular formula is C6H11NO4. The molecule has 5 nitrogen and oxygen atoms in total. The third-order valence-electron chi connectivity index (χ3n) is 1.09. The molecule has 3 N–H and O–H groups in total. The Kier molecular flexibility index (Phi) is 4.21. The van der Waals surface area contributed by atoms with Crippen molar-refractivity contribution in [1.82, 2.24) is 5.32 Å². The minimum absolute atomic E-state index is 0.0366. The Hall–Kier alpha value is -1.10. The highest BCUT2D eigenvalue weighted by Gasteiger charge is 2.16. The van der Waals surface area contributed by atoms with E-state index in [0.29, 0.717) is 0 Å². The molecule has 1 amide bonds. The monoisotopic (exact) mass is 161 g/mol. The molecule has 11 heavy (non-hydrogen) atoms. The first-order chi connectivity index (χ1) is 5.07. The van der Waals surface area contributed by atoms with Gasteiger partial charge in [0.15, 0.2) is 0 Å². The van der Waals surface area contributed by atoms with Gasteiger partial charge in [0.2, 0.25) is 5.91 Å². The molecule has 0 saturated carbocycles. The van der Waals surface area contributed by atoms with Gasteiger partial charge in [-0.25, -0.2) is 4.79 Å². The van der Waals surface area contributed by atoms with Crippen LogP contribution in [0, 0.1) is 0 Å². The summed E-state index contributed by atoms with van der Waals surface area (Å²) in [7, 11) is 0. The fourth-order valence-corrected chi connectivity index (χ4v) is 0.632. The van der Waals surface area contributed by atoms with E-state index < -0.39 is 17.9 Å². The number of nitrogens with one attached hydrogen (secondary N) is 1. The van der Waals surface area contributed by atoms with Crippen molar-refractivity contribution in [2.75, 3.05) is 6.61 Å². The van der Waals surface area contributed by atoms with E-state index in [4.69, 9.17) is 10.2 Å². The number of aliphatic carboxylic acids is 1. The average molecular weight is 161 g/mol. The number of rotatable bonds is 4. The lowest BCUT2D eigenvalue weighted by atomic mass is 10.2. The molecule has 0 aromatic rings. The minimum atomic E-state index is -1.13. The molecule has 64 valence electrons. The number of amides is 1. The van der Waals surface area contributed by atoms with E-state index in [-0.39, 0.29) is 13.0 Å². The summed E-state index contributed by atoms with van der Waals surface area (Å²) in [5.74, 6) is -1.54. The lowest BCUT2D eigenvalue weighted by Gasteiger charge is -2.10. The van der Waals surface area contributed by atoms with Crippen LogP contribution in [-0.2, 0) is 9.59 Å². The first-order valence-corrected chi connectivity index (χ1v) is 3.18. The van der Waals surface area contributed by atoms with Crippen LogP contribution in [-0.4, -0.2) is 34.7 Å². The Morgan fingerprint density at radius 2 is 2.09 bits per heavy atom. The summed E-state index contributed by atoms with van der Waals surface area (Å²) in [4.78, 5) is 20.7. The number of carboxylic acid groups (broad SMARTS) is 1. The lowest BCUT2D eigenvalue weighted by Crippen LogP contribution is -2.40. The van der Waals surface area contributed by atoms with Crippen molar-refractivity contribution >= 4 is 11.9 Å². The van der Waals surface area contributed by atoms with Crippen LogP contribution >= 0.6 is 0 Å². The van der Waals surface area contributed by atoms with Crippen LogP contribution in [0.25, 0.3) is 0 Å². The van der Waals surface area contributed by atoms with Crippen molar-refractivity contribution in [3.63, 3.8) is 0 Å². The predicted molar refractivity (Wildman–Crippen MR) is 36.9 cm³/mol. The van der Waals surface area contributed by atoms with Crippen LogP contribution in [0.4, 0.5) is 0 Å². The van der Waals surface area contributed by atoms with Gasteiger partial charge in [-0.15, -0.1) is 0 Å². The summed E-state index contributed by atoms with van der Waals surface area (Å²) in [5.41, 5.74) is 0. The first kappa shape index (κ1) is 9.90. The Bertz CT molecular complexity index is 157. The summed E-state index contributed by atoms with van der Waals surface area (Å²) in [6, 6.07) is -0.975. The van der Waals surface area contributed by atoms with Crippen molar-refractivity contribution in [2.45, 2.75) is 19.4 Å². The van der Waals surface area contributed by atoms with E-state index >= 15 is 0 Å². The molecule has 0 bridgehead atoms. The molecule has 0 aliphatic carbocycles. The van der Waals surface area contributed by atoms with Crippen molar-refractivity contribution in [3.05, 3.63) is 0 Å². The van der Waals surface area contributed by atoms with Gasteiger partial charge in [0.1, 0.15) is 6.04 Å². The molecule has 1 atom stereocenters. The second-order valence-electron chi connectivity index (χ2n) is 2.10. The summed E-state index contributed by atoms with van der Waals surface area (Å²) in [5, 5.41) is 19.0. The van der Waals surface area contributed by atoms with Crippen LogP contribution in [0.1, 0.15) is 13.3 Å². The molecule has 0 fully saturated rings. The van der Waals surface area contributed by atoms with Gasteiger partial charge in [0.05, 0.1) is 0 Å². The van der Waals surface area contributed by atoms with Crippen LogP contribution in [0.2, 0.25) is 0 Å². The van der Waals surface area contributed by atoms with Gasteiger partial charge < -0.3 is 15.5 Å². The van der Waals surface area contributed by atoms with E-state index in [0.717, 1.165) is 0 Å². The molecule has 0 aromatic heterocycles. The van der Waals surface area contributed by atoms with Gasteiger partial charge in [0.25, 0.3) is 0 Å². The molecule has 0 aliphatic rings. The Morgan fingerprint density at radius 3 is 2.36 bits per heavy atom. The van der Waals surface area contributed by atoms with Gasteiger partial charge in [-0.3, -0.25) is 4.79 Å². The highest BCUT2D eigenvalue weighted by Crippen LogP contribution is 1.90. The molecule has 0 rings (SSSR count). The van der Waals surface area contributed by atoms with Crippen molar-refractivity contribution < 1.29 is 19.8 Å². The molecule has 0 unspecified atom stereocenters. The number of carbonyl (C=O) groups excluding carboxylic acids is 1. The Labute approximate surface area is 64.0 Å². The fraction of sp³-hybridized carbons (Fsp3) is 0.667. The molecule has 0 spiro atoms. The van der Waals surface area contributed by atoms with Crippen molar-refractivity contribution in [2.24, 2.45) is 0 Å². The maximum Gasteiger partial charge on any atom is 0.326 e. The number of aliphatic hydroxyl groups excluding tert-OH is 1. The number of aliphatic hydroxyl groups is 1. The normalized spacial score (nSPS) is 12.2. The predicted octanol–water partition coefficient (Wildman–Crippen LogP) is -1.04. The zero-order chi connectivity index (χ0) is 8.85. The molecule has 5 heteroatoms. The summed E-state index contributed by atoms with van der Waals surface area (Å²) >= 11 is 0. The molecule has 0 saturated heterocycles. The second kappa shape index (κ2) is 4.68. The van der Waals surface area contributed by atoms with Crippen LogP contribution in [0.5, 0.6) is 0 Å². The quantitative estimate of drug-likeness (QED) is 0.491. The molecule has 0 radical (unpaired) electrons. The van der Waals surface area contributed by atoms with Gasteiger partial charge >= 0.3 is 5.97 Å². The van der Waals surface area contributed by atoms with Gasteiger partial charge in [-0.1, -0.05) is 0 Å². The number of hydrogen-bond donors (Lipinski definition) is 3. The third kappa shape index (κ3) is 4.32. The van der Waals surface area contributed by atoms with Gasteiger partial charge in [0, 0.05) is 20.0 Å². The van der Waals surface area contributed by atoms with Crippen molar-refractivity contribution in [1.29, 1.82) is 0 Å². The minimum Gasteiger partial charge on any atom is -0.480 e. The highest BCUT2D eigenvalue weighted by atomic mass is 16.4. The third-order valence-corrected chi connectivity index (χ3v) is 1.09. The van der Waals surface area contributed by atoms with Crippen LogP contribution < -0.4 is 5.32 Å². The highest BCUT2D eigenvalue weighted by molar-refractivity contribution is 5.81. The molecular weight excluding hydrogens is 150 g/mol. The summed E-state index contributed by atoms with van der Waals surface area (Å²) in [6.45, 7) is 0.977. The maximum absolute atomic E-state index is 10.4. The first-order valence-electron chi connectivity index (χ1n) is 3.18. The molecule has 0 aliphatic heterocycles. The van der Waals surface area contributed by atoms with E-state index in [9.17, 15) is 9.59 Å². The topological polar surface area (TPSA) is 86.6 Å². The van der Waals surface area contributed by atoms with E-state index in [1.165, 1.54) is 6.92 Å². The van der Waals surface area contributed by atoms with E-state index in [1.54, 1.807) is 0 Å². The summed E-state index contributed by atoms with van der Waals surface area (Å²) in [6.07, 6.45) is 0.0366. The van der Waals surface area contributed by atoms with Crippen LogP contribution in [0.15, 0.2) is 0 Å². The zero-order valence-electron chi connectivity index (χ0n) is 6.20. The number of carbonyl (C=O) groups is 2. The van der Waals surface area contributed by atoms with Crippen molar-refractivity contribution in [3.8, 4) is 0 Å². The second-order valence-corrected chi connectivity index (χ2v) is 2.10. The van der Waals surface area contributed by atoms with Crippen LogP contribution in [0.3, 0.4) is 0 Å². The van der Waals surface area contributed by atoms with E-state index in [1.807, 2.05) is 0 Å². The SMILES string of the molecule is CC(=O)N[C@@H](CCO)C(=O)O. The summed E-state index contributed by atoms with van der Waals surface area (Å²) < 4.78 is 0. The smallest absolute Gasteiger partial charge is 0.326 e. The van der Waals surface area contributed by atoms with Gasteiger partial charge in [-0.2, -0.15) is 0 Å². The number of carboxylic acids is 1. The lowest BCUT2D eigenvalue weighted by molar-refractivity contribution is -0.142. The fourth-order valence-electron chi connectivity index (χ4n) is 0.632. The van der Waals surface area contributed by atoms with Gasteiger partial charge in [-0.05, 0) is 0 Å². The standard InChI is InChI=1S/C6H11NO4/c1-4(9)7-5(2-3-8)6(10)11/h5,8H,2-3H2,1H3,(H,7,9)(H,10,11)/t5-/m0/s1.